The van der Waals surface area contributed by atoms with Crippen molar-refractivity contribution in [2.75, 3.05) is 15.5 Å². The Morgan fingerprint density at radius 1 is 0.966 bits per heavy atom. The Morgan fingerprint density at radius 2 is 1.69 bits per heavy atom. The SMILES string of the molecule is CC(=O)Nc1ccc(N2C(=O)c3ccc(C(=O)Nc4nccs4)cc3C2=O)cc1. The highest BCUT2D eigenvalue weighted by atomic mass is 32.1. The lowest BCUT2D eigenvalue weighted by molar-refractivity contribution is -0.114. The molecule has 29 heavy (non-hydrogen) atoms. The van der Waals surface area contributed by atoms with Crippen LogP contribution < -0.4 is 15.5 Å². The Hall–Kier alpha value is -3.85. The van der Waals surface area contributed by atoms with Crippen molar-refractivity contribution in [1.29, 1.82) is 0 Å². The molecule has 0 radical (unpaired) electrons. The highest BCUT2D eigenvalue weighted by Gasteiger charge is 2.37. The molecule has 2 N–H and O–H groups in total. The molecule has 1 aliphatic rings. The van der Waals surface area contributed by atoms with Gasteiger partial charge in [-0.1, -0.05) is 0 Å². The summed E-state index contributed by atoms with van der Waals surface area (Å²) in [4.78, 5) is 54.1. The van der Waals surface area contributed by atoms with E-state index < -0.39 is 17.7 Å². The van der Waals surface area contributed by atoms with Gasteiger partial charge in [0.05, 0.1) is 16.8 Å². The van der Waals surface area contributed by atoms with E-state index in [0.29, 0.717) is 16.5 Å². The number of fused-ring (bicyclic) bond motifs is 1. The summed E-state index contributed by atoms with van der Waals surface area (Å²) in [7, 11) is 0. The van der Waals surface area contributed by atoms with Crippen molar-refractivity contribution >= 4 is 51.5 Å². The minimum atomic E-state index is -0.513. The third kappa shape index (κ3) is 3.50. The summed E-state index contributed by atoms with van der Waals surface area (Å²) >= 11 is 1.28. The number of aromatic nitrogens is 1. The van der Waals surface area contributed by atoms with Crippen molar-refractivity contribution < 1.29 is 19.2 Å². The van der Waals surface area contributed by atoms with Gasteiger partial charge in [-0.2, -0.15) is 0 Å². The lowest BCUT2D eigenvalue weighted by Gasteiger charge is -2.14. The second kappa shape index (κ2) is 7.28. The highest BCUT2D eigenvalue weighted by Crippen LogP contribution is 2.30. The lowest BCUT2D eigenvalue weighted by atomic mass is 10.1. The molecule has 4 rings (SSSR count). The molecule has 1 aliphatic heterocycles. The normalized spacial score (nSPS) is 12.7. The fourth-order valence-electron chi connectivity index (χ4n) is 2.97. The van der Waals surface area contributed by atoms with E-state index >= 15 is 0 Å². The number of amides is 4. The molecular formula is C20H14N4O4S. The first kappa shape index (κ1) is 18.5. The van der Waals surface area contributed by atoms with E-state index in [1.807, 2.05) is 0 Å². The number of imide groups is 1. The van der Waals surface area contributed by atoms with Crippen LogP contribution in [0.5, 0.6) is 0 Å². The molecule has 0 bridgehead atoms. The van der Waals surface area contributed by atoms with Crippen LogP contribution in [0.2, 0.25) is 0 Å². The van der Waals surface area contributed by atoms with Crippen molar-refractivity contribution in [3.63, 3.8) is 0 Å². The van der Waals surface area contributed by atoms with Gasteiger partial charge >= 0.3 is 0 Å². The Bertz CT molecular complexity index is 1140. The topological polar surface area (TPSA) is 108 Å². The number of anilines is 3. The van der Waals surface area contributed by atoms with Gasteiger partial charge in [0, 0.05) is 29.8 Å². The van der Waals surface area contributed by atoms with Crippen molar-refractivity contribution in [2.24, 2.45) is 0 Å². The summed E-state index contributed by atoms with van der Waals surface area (Å²) in [6.45, 7) is 1.39. The molecule has 0 saturated heterocycles. The second-order valence-electron chi connectivity index (χ2n) is 6.23. The van der Waals surface area contributed by atoms with Gasteiger partial charge in [0.2, 0.25) is 5.91 Å². The van der Waals surface area contributed by atoms with E-state index in [2.05, 4.69) is 15.6 Å². The molecule has 0 saturated carbocycles. The summed E-state index contributed by atoms with van der Waals surface area (Å²) in [5, 5.41) is 7.44. The Morgan fingerprint density at radius 3 is 2.34 bits per heavy atom. The van der Waals surface area contributed by atoms with Crippen LogP contribution in [0, 0.1) is 0 Å². The summed E-state index contributed by atoms with van der Waals surface area (Å²) < 4.78 is 0. The number of benzene rings is 2. The van der Waals surface area contributed by atoms with Gasteiger partial charge < -0.3 is 5.32 Å². The molecular weight excluding hydrogens is 392 g/mol. The number of hydrogen-bond acceptors (Lipinski definition) is 6. The van der Waals surface area contributed by atoms with Gasteiger partial charge in [-0.15, -0.1) is 11.3 Å². The molecule has 8 nitrogen and oxygen atoms in total. The monoisotopic (exact) mass is 406 g/mol. The number of carbonyl (C=O) groups excluding carboxylic acids is 4. The third-order valence-corrected chi connectivity index (χ3v) is 4.94. The number of thiazole rings is 1. The standard InChI is InChI=1S/C20H14N4O4S/c1-11(25)22-13-3-5-14(6-4-13)24-18(27)15-7-2-12(10-16(15)19(24)28)17(26)23-20-21-8-9-29-20/h2-10H,1H3,(H,22,25)(H,21,23,26). The van der Waals surface area contributed by atoms with E-state index in [4.69, 9.17) is 0 Å². The number of carbonyl (C=O) groups is 4. The van der Waals surface area contributed by atoms with Gasteiger partial charge in [0.25, 0.3) is 17.7 Å². The molecule has 0 fully saturated rings. The molecule has 0 spiro atoms. The maximum Gasteiger partial charge on any atom is 0.266 e. The van der Waals surface area contributed by atoms with Crippen molar-refractivity contribution in [1.82, 2.24) is 4.98 Å². The van der Waals surface area contributed by atoms with Crippen LogP contribution in [0.3, 0.4) is 0 Å². The second-order valence-corrected chi connectivity index (χ2v) is 7.12. The van der Waals surface area contributed by atoms with Gasteiger partial charge in [0.15, 0.2) is 5.13 Å². The maximum absolute atomic E-state index is 12.9. The van der Waals surface area contributed by atoms with Gasteiger partial charge in [-0.25, -0.2) is 9.88 Å². The predicted octanol–water partition coefficient (Wildman–Crippen LogP) is 3.15. The maximum atomic E-state index is 12.9. The van der Waals surface area contributed by atoms with Gasteiger partial charge in [-0.3, -0.25) is 24.5 Å². The Labute approximate surface area is 169 Å². The molecule has 9 heteroatoms. The number of nitrogens with one attached hydrogen (secondary N) is 2. The highest BCUT2D eigenvalue weighted by molar-refractivity contribution is 7.13. The van der Waals surface area contributed by atoms with E-state index in [9.17, 15) is 19.2 Å². The lowest BCUT2D eigenvalue weighted by Crippen LogP contribution is -2.29. The fourth-order valence-corrected chi connectivity index (χ4v) is 3.49. The molecule has 0 atom stereocenters. The van der Waals surface area contributed by atoms with Crippen molar-refractivity contribution in [3.05, 3.63) is 70.7 Å². The minimum Gasteiger partial charge on any atom is -0.326 e. The van der Waals surface area contributed by atoms with Crippen molar-refractivity contribution in [3.8, 4) is 0 Å². The largest absolute Gasteiger partial charge is 0.326 e. The first-order valence-corrected chi connectivity index (χ1v) is 9.43. The number of nitrogens with zero attached hydrogens (tertiary/aromatic N) is 2. The first-order valence-electron chi connectivity index (χ1n) is 8.55. The molecule has 2 aromatic carbocycles. The predicted molar refractivity (Wildman–Crippen MR) is 108 cm³/mol. The average molecular weight is 406 g/mol. The molecule has 144 valence electrons. The van der Waals surface area contributed by atoms with Crippen molar-refractivity contribution in [2.45, 2.75) is 6.92 Å². The smallest absolute Gasteiger partial charge is 0.266 e. The van der Waals surface area contributed by atoms with Crippen LogP contribution >= 0.6 is 11.3 Å². The van der Waals surface area contributed by atoms with Crippen LogP contribution in [0.4, 0.5) is 16.5 Å². The summed E-state index contributed by atoms with van der Waals surface area (Å²) in [5.74, 6) is -1.62. The summed E-state index contributed by atoms with van der Waals surface area (Å²) in [6, 6.07) is 10.7. The molecule has 4 amide bonds. The molecule has 2 heterocycles. The average Bonchev–Trinajstić information content (AvgIpc) is 3.29. The van der Waals surface area contributed by atoms with Gasteiger partial charge in [0.1, 0.15) is 0 Å². The van der Waals surface area contributed by atoms with Crippen LogP contribution in [0.1, 0.15) is 38.0 Å². The zero-order chi connectivity index (χ0) is 20.5. The molecule has 1 aromatic heterocycles. The van der Waals surface area contributed by atoms with Crippen LogP contribution in [-0.4, -0.2) is 28.6 Å². The molecule has 0 unspecified atom stereocenters. The van der Waals surface area contributed by atoms with Crippen LogP contribution in [0.25, 0.3) is 0 Å². The van der Waals surface area contributed by atoms with E-state index in [0.717, 1.165) is 4.90 Å². The fraction of sp³-hybridized carbons (Fsp3) is 0.0500. The Kier molecular flexibility index (Phi) is 4.65. The zero-order valence-electron chi connectivity index (χ0n) is 15.1. The minimum absolute atomic E-state index is 0.160. The van der Waals surface area contributed by atoms with E-state index in [-0.39, 0.29) is 22.6 Å². The quantitative estimate of drug-likeness (QED) is 0.647. The third-order valence-electron chi connectivity index (χ3n) is 4.25. The summed E-state index contributed by atoms with van der Waals surface area (Å²) in [6.07, 6.45) is 1.57. The molecule has 3 aromatic rings. The summed E-state index contributed by atoms with van der Waals surface area (Å²) in [5.41, 5.74) is 1.57. The van der Waals surface area contributed by atoms with Gasteiger partial charge in [-0.05, 0) is 42.5 Å². The zero-order valence-corrected chi connectivity index (χ0v) is 15.9. The molecule has 0 aliphatic carbocycles. The number of rotatable bonds is 4. The number of hydrogen-bond donors (Lipinski definition) is 2. The van der Waals surface area contributed by atoms with E-state index in [1.54, 1.807) is 35.8 Å². The van der Waals surface area contributed by atoms with Crippen LogP contribution in [0.15, 0.2) is 54.0 Å². The Balaban J connectivity index is 1.60. The van der Waals surface area contributed by atoms with E-state index in [1.165, 1.54) is 36.5 Å². The van der Waals surface area contributed by atoms with Crippen LogP contribution in [-0.2, 0) is 4.79 Å². The first-order chi connectivity index (χ1) is 13.9.